The van der Waals surface area contributed by atoms with Crippen LogP contribution in [0.15, 0.2) is 24.3 Å². The highest BCUT2D eigenvalue weighted by molar-refractivity contribution is 6.38. The van der Waals surface area contributed by atoms with Gasteiger partial charge in [0.15, 0.2) is 0 Å². The van der Waals surface area contributed by atoms with Crippen molar-refractivity contribution in [2.24, 2.45) is 18.9 Å². The summed E-state index contributed by atoms with van der Waals surface area (Å²) in [5, 5.41) is 5.01. The Bertz CT molecular complexity index is 701. The van der Waals surface area contributed by atoms with Crippen LogP contribution in [0.5, 0.6) is 0 Å². The monoisotopic (exact) mass is 331 g/mol. The first kappa shape index (κ1) is 15.0. The molecule has 2 aliphatic rings. The molecule has 2 aliphatic heterocycles. The summed E-state index contributed by atoms with van der Waals surface area (Å²) >= 11 is 6.53. The summed E-state index contributed by atoms with van der Waals surface area (Å²) in [5.74, 6) is 1.51. The molecular formula is C18H22ClN3O. The van der Waals surface area contributed by atoms with Crippen LogP contribution in [0.2, 0.25) is 5.02 Å². The van der Waals surface area contributed by atoms with Crippen molar-refractivity contribution in [3.05, 3.63) is 35.0 Å². The van der Waals surface area contributed by atoms with Crippen LogP contribution in [0, 0.1) is 11.8 Å². The predicted molar refractivity (Wildman–Crippen MR) is 92.9 cm³/mol. The Labute approximate surface area is 141 Å². The zero-order valence-corrected chi connectivity index (χ0v) is 14.1. The van der Waals surface area contributed by atoms with Crippen molar-refractivity contribution in [2.75, 3.05) is 26.2 Å². The van der Waals surface area contributed by atoms with Crippen molar-refractivity contribution >= 4 is 28.4 Å². The number of aromatic nitrogens is 1. The van der Waals surface area contributed by atoms with E-state index in [2.05, 4.69) is 5.32 Å². The third kappa shape index (κ3) is 2.45. The molecule has 0 radical (unpaired) electrons. The van der Waals surface area contributed by atoms with Gasteiger partial charge in [0.05, 0.1) is 5.02 Å². The molecular weight excluding hydrogens is 310 g/mol. The second-order valence-electron chi connectivity index (χ2n) is 6.79. The Morgan fingerprint density at radius 1 is 1.17 bits per heavy atom. The molecule has 4 nitrogen and oxygen atoms in total. The minimum atomic E-state index is 0.0710. The van der Waals surface area contributed by atoms with E-state index < -0.39 is 0 Å². The Kier molecular flexibility index (Phi) is 3.82. The zero-order valence-electron chi connectivity index (χ0n) is 13.4. The van der Waals surface area contributed by atoms with E-state index in [1.165, 1.54) is 0 Å². The van der Waals surface area contributed by atoms with E-state index in [0.29, 0.717) is 10.7 Å². The van der Waals surface area contributed by atoms with Gasteiger partial charge in [-0.3, -0.25) is 4.79 Å². The lowest BCUT2D eigenvalue weighted by Crippen LogP contribution is -2.34. The van der Waals surface area contributed by atoms with Gasteiger partial charge in [-0.15, -0.1) is 0 Å². The summed E-state index contributed by atoms with van der Waals surface area (Å²) in [6.45, 7) is 3.86. The third-order valence-electron chi connectivity index (χ3n) is 5.55. The molecule has 1 aromatic heterocycles. The van der Waals surface area contributed by atoms with Gasteiger partial charge in [0.1, 0.15) is 5.69 Å². The molecule has 0 unspecified atom stereocenters. The van der Waals surface area contributed by atoms with Gasteiger partial charge < -0.3 is 14.8 Å². The molecule has 2 aromatic rings. The van der Waals surface area contributed by atoms with E-state index in [1.807, 2.05) is 40.8 Å². The van der Waals surface area contributed by atoms with Crippen LogP contribution in [0.25, 0.3) is 10.9 Å². The first-order chi connectivity index (χ1) is 11.2. The van der Waals surface area contributed by atoms with Crippen molar-refractivity contribution < 1.29 is 4.79 Å². The summed E-state index contributed by atoms with van der Waals surface area (Å²) in [5.41, 5.74) is 1.63. The van der Waals surface area contributed by atoms with Gasteiger partial charge in [-0.05, 0) is 43.8 Å². The number of carbonyl (C=O) groups excluding carboxylic acids is 1. The number of fused-ring (bicyclic) bond motifs is 2. The molecule has 1 N–H and O–H groups in total. The lowest BCUT2D eigenvalue weighted by molar-refractivity contribution is 0.0749. The SMILES string of the molecule is Cn1c(C(=O)N2CC[C@@H]3CNC[C@@H]3CC2)c(Cl)c2ccccc21. The zero-order chi connectivity index (χ0) is 16.0. The standard InChI is InChI=1S/C18H22ClN3O/c1-21-15-5-3-2-4-14(15)16(19)17(21)18(23)22-8-6-12-10-20-11-13(12)7-9-22/h2-5,12-13,20H,6-11H2,1H3/t12-,13+. The van der Waals surface area contributed by atoms with Crippen LogP contribution < -0.4 is 5.32 Å². The first-order valence-corrected chi connectivity index (χ1v) is 8.77. The maximum absolute atomic E-state index is 13.1. The Balaban J connectivity index is 1.64. The first-order valence-electron chi connectivity index (χ1n) is 8.39. The number of hydrogen-bond acceptors (Lipinski definition) is 2. The van der Waals surface area contributed by atoms with E-state index in [0.717, 1.165) is 61.8 Å². The summed E-state index contributed by atoms with van der Waals surface area (Å²) in [6, 6.07) is 7.93. The number of hydrogen-bond donors (Lipinski definition) is 1. The number of carbonyl (C=O) groups is 1. The lowest BCUT2D eigenvalue weighted by Gasteiger charge is -2.21. The maximum Gasteiger partial charge on any atom is 0.272 e. The topological polar surface area (TPSA) is 37.3 Å². The van der Waals surface area contributed by atoms with E-state index >= 15 is 0 Å². The highest BCUT2D eigenvalue weighted by Crippen LogP contribution is 2.32. The van der Waals surface area contributed by atoms with Crippen molar-refractivity contribution in [1.29, 1.82) is 0 Å². The number of nitrogens with one attached hydrogen (secondary N) is 1. The van der Waals surface area contributed by atoms with Crippen LogP contribution in [0.3, 0.4) is 0 Å². The molecule has 1 amide bonds. The summed E-state index contributed by atoms with van der Waals surface area (Å²) < 4.78 is 1.94. The molecule has 0 bridgehead atoms. The van der Waals surface area contributed by atoms with Crippen molar-refractivity contribution in [2.45, 2.75) is 12.8 Å². The van der Waals surface area contributed by atoms with E-state index in [1.54, 1.807) is 0 Å². The molecule has 2 atom stereocenters. The average molecular weight is 332 g/mol. The second kappa shape index (κ2) is 5.84. The van der Waals surface area contributed by atoms with E-state index in [4.69, 9.17) is 11.6 Å². The van der Waals surface area contributed by atoms with Crippen molar-refractivity contribution in [3.8, 4) is 0 Å². The van der Waals surface area contributed by atoms with Gasteiger partial charge in [0.25, 0.3) is 5.91 Å². The molecule has 122 valence electrons. The van der Waals surface area contributed by atoms with Gasteiger partial charge in [0.2, 0.25) is 0 Å². The molecule has 0 aliphatic carbocycles. The molecule has 2 fully saturated rings. The molecule has 23 heavy (non-hydrogen) atoms. The minimum Gasteiger partial charge on any atom is -0.338 e. The second-order valence-corrected chi connectivity index (χ2v) is 7.16. The van der Waals surface area contributed by atoms with Gasteiger partial charge in [-0.25, -0.2) is 0 Å². The van der Waals surface area contributed by atoms with Crippen LogP contribution >= 0.6 is 11.6 Å². The number of benzene rings is 1. The Hall–Kier alpha value is -1.52. The van der Waals surface area contributed by atoms with Crippen LogP contribution in [0.1, 0.15) is 23.3 Å². The fourth-order valence-corrected chi connectivity index (χ4v) is 4.52. The molecule has 2 saturated heterocycles. The van der Waals surface area contributed by atoms with Gasteiger partial charge in [-0.2, -0.15) is 0 Å². The molecule has 4 rings (SSSR count). The number of para-hydroxylation sites is 1. The fraction of sp³-hybridized carbons (Fsp3) is 0.500. The van der Waals surface area contributed by atoms with Crippen molar-refractivity contribution in [1.82, 2.24) is 14.8 Å². The summed E-state index contributed by atoms with van der Waals surface area (Å²) in [4.78, 5) is 15.1. The van der Waals surface area contributed by atoms with E-state index in [-0.39, 0.29) is 5.91 Å². The Morgan fingerprint density at radius 3 is 2.48 bits per heavy atom. The highest BCUT2D eigenvalue weighted by atomic mass is 35.5. The lowest BCUT2D eigenvalue weighted by atomic mass is 9.92. The number of rotatable bonds is 1. The van der Waals surface area contributed by atoms with Crippen LogP contribution in [-0.2, 0) is 7.05 Å². The third-order valence-corrected chi connectivity index (χ3v) is 5.94. The number of likely N-dealkylation sites (tertiary alicyclic amines) is 1. The number of nitrogens with zero attached hydrogens (tertiary/aromatic N) is 2. The molecule has 5 heteroatoms. The van der Waals surface area contributed by atoms with Crippen molar-refractivity contribution in [3.63, 3.8) is 0 Å². The van der Waals surface area contributed by atoms with Gasteiger partial charge in [-0.1, -0.05) is 29.8 Å². The highest BCUT2D eigenvalue weighted by Gasteiger charge is 2.33. The number of halogens is 1. The largest absolute Gasteiger partial charge is 0.338 e. The normalized spacial score (nSPS) is 24.7. The maximum atomic E-state index is 13.1. The predicted octanol–water partition coefficient (Wildman–Crippen LogP) is 2.90. The molecule has 0 spiro atoms. The molecule has 3 heterocycles. The van der Waals surface area contributed by atoms with Crippen LogP contribution in [-0.4, -0.2) is 41.6 Å². The minimum absolute atomic E-state index is 0.0710. The average Bonchev–Trinajstić information content (AvgIpc) is 3.04. The summed E-state index contributed by atoms with van der Waals surface area (Å²) in [6.07, 6.45) is 2.18. The summed E-state index contributed by atoms with van der Waals surface area (Å²) in [7, 11) is 1.93. The van der Waals surface area contributed by atoms with E-state index in [9.17, 15) is 4.79 Å². The smallest absolute Gasteiger partial charge is 0.272 e. The molecule has 1 aromatic carbocycles. The number of aryl methyl sites for hydroxylation is 1. The molecule has 0 saturated carbocycles. The van der Waals surface area contributed by atoms with Crippen LogP contribution in [0.4, 0.5) is 0 Å². The number of amides is 1. The Morgan fingerprint density at radius 2 is 1.83 bits per heavy atom. The quantitative estimate of drug-likeness (QED) is 0.872. The van der Waals surface area contributed by atoms with Gasteiger partial charge >= 0.3 is 0 Å². The fourth-order valence-electron chi connectivity index (χ4n) is 4.16. The van der Waals surface area contributed by atoms with Gasteiger partial charge in [0, 0.05) is 31.0 Å².